The minimum Gasteiger partial charge on any atom is -0.497 e. The molecule has 2 rings (SSSR count). The van der Waals surface area contributed by atoms with E-state index < -0.39 is 0 Å². The molecular weight excluding hydrogens is 228 g/mol. The highest BCUT2D eigenvalue weighted by atomic mass is 16.5. The number of benzene rings is 2. The molecule has 94 valence electrons. The maximum absolute atomic E-state index is 5.80. The first-order valence-electron chi connectivity index (χ1n) is 5.57. The third-order valence-electron chi connectivity index (χ3n) is 2.52. The van der Waals surface area contributed by atoms with Gasteiger partial charge < -0.3 is 20.5 Å². The van der Waals surface area contributed by atoms with Gasteiger partial charge in [0, 0.05) is 35.3 Å². The van der Waals surface area contributed by atoms with Gasteiger partial charge in [0.1, 0.15) is 11.5 Å². The van der Waals surface area contributed by atoms with Crippen LogP contribution >= 0.6 is 0 Å². The Bertz CT molecular complexity index is 541. The lowest BCUT2D eigenvalue weighted by atomic mass is 10.2. The molecule has 0 aromatic heterocycles. The summed E-state index contributed by atoms with van der Waals surface area (Å²) in [5.41, 5.74) is 8.26. The Morgan fingerprint density at radius 2 is 1.61 bits per heavy atom. The highest BCUT2D eigenvalue weighted by molar-refractivity contribution is 5.67. The second-order valence-electron chi connectivity index (χ2n) is 3.85. The third-order valence-corrected chi connectivity index (χ3v) is 2.52. The molecule has 4 heteroatoms. The van der Waals surface area contributed by atoms with Gasteiger partial charge in [0.15, 0.2) is 0 Å². The van der Waals surface area contributed by atoms with Crippen LogP contribution in [0.5, 0.6) is 11.5 Å². The van der Waals surface area contributed by atoms with E-state index in [1.165, 1.54) is 0 Å². The highest BCUT2D eigenvalue weighted by Crippen LogP contribution is 2.26. The first-order chi connectivity index (χ1) is 8.71. The molecule has 2 aromatic rings. The number of rotatable bonds is 4. The summed E-state index contributed by atoms with van der Waals surface area (Å²) in [5.74, 6) is 1.52. The van der Waals surface area contributed by atoms with Crippen molar-refractivity contribution in [3.8, 4) is 11.5 Å². The molecule has 0 atom stereocenters. The van der Waals surface area contributed by atoms with Crippen LogP contribution in [-0.4, -0.2) is 14.2 Å². The van der Waals surface area contributed by atoms with Crippen molar-refractivity contribution in [2.45, 2.75) is 0 Å². The quantitative estimate of drug-likeness (QED) is 0.812. The number of methoxy groups -OCH3 is 2. The summed E-state index contributed by atoms with van der Waals surface area (Å²) in [4.78, 5) is 0. The number of hydrogen-bond donors (Lipinski definition) is 2. The molecule has 0 saturated carbocycles. The van der Waals surface area contributed by atoms with Crippen LogP contribution in [0.4, 0.5) is 17.1 Å². The van der Waals surface area contributed by atoms with Crippen molar-refractivity contribution in [1.82, 2.24) is 0 Å². The van der Waals surface area contributed by atoms with Gasteiger partial charge in [-0.05, 0) is 18.2 Å². The minimum atomic E-state index is 0.653. The number of ether oxygens (including phenoxy) is 2. The van der Waals surface area contributed by atoms with E-state index in [1.807, 2.05) is 36.4 Å². The zero-order valence-corrected chi connectivity index (χ0v) is 10.4. The van der Waals surface area contributed by atoms with Gasteiger partial charge >= 0.3 is 0 Å². The number of nitrogens with one attached hydrogen (secondary N) is 1. The van der Waals surface area contributed by atoms with Gasteiger partial charge in [0.25, 0.3) is 0 Å². The second kappa shape index (κ2) is 5.31. The molecule has 0 saturated heterocycles. The molecule has 0 unspecified atom stereocenters. The van der Waals surface area contributed by atoms with Crippen LogP contribution in [-0.2, 0) is 0 Å². The average Bonchev–Trinajstić information content (AvgIpc) is 2.38. The molecule has 2 aromatic carbocycles. The van der Waals surface area contributed by atoms with E-state index in [1.54, 1.807) is 20.3 Å². The van der Waals surface area contributed by atoms with Crippen LogP contribution in [0, 0.1) is 0 Å². The van der Waals surface area contributed by atoms with E-state index in [4.69, 9.17) is 15.2 Å². The fraction of sp³-hybridized carbons (Fsp3) is 0.143. The van der Waals surface area contributed by atoms with Gasteiger partial charge in [0.2, 0.25) is 0 Å². The number of anilines is 3. The Labute approximate surface area is 106 Å². The van der Waals surface area contributed by atoms with Gasteiger partial charge in [0.05, 0.1) is 14.2 Å². The Morgan fingerprint density at radius 3 is 2.33 bits per heavy atom. The number of nitrogen functional groups attached to an aromatic ring is 1. The molecule has 0 fully saturated rings. The molecule has 18 heavy (non-hydrogen) atoms. The van der Waals surface area contributed by atoms with Gasteiger partial charge in [-0.25, -0.2) is 0 Å². The Hall–Kier alpha value is -2.36. The van der Waals surface area contributed by atoms with Crippen LogP contribution in [0.1, 0.15) is 0 Å². The number of nitrogens with two attached hydrogens (primary N) is 1. The largest absolute Gasteiger partial charge is 0.497 e. The second-order valence-corrected chi connectivity index (χ2v) is 3.85. The van der Waals surface area contributed by atoms with Crippen LogP contribution in [0.25, 0.3) is 0 Å². The molecular formula is C14H16N2O2. The normalized spacial score (nSPS) is 9.89. The molecule has 0 amide bonds. The van der Waals surface area contributed by atoms with E-state index in [-0.39, 0.29) is 0 Å². The first-order valence-corrected chi connectivity index (χ1v) is 5.57. The maximum atomic E-state index is 5.80. The predicted molar refractivity (Wildman–Crippen MR) is 73.7 cm³/mol. The summed E-state index contributed by atoms with van der Waals surface area (Å²) in [5, 5.41) is 3.25. The first kappa shape index (κ1) is 12.1. The fourth-order valence-corrected chi connectivity index (χ4v) is 1.68. The van der Waals surface area contributed by atoms with Crippen LogP contribution in [0.2, 0.25) is 0 Å². The fourth-order valence-electron chi connectivity index (χ4n) is 1.68. The molecule has 0 bridgehead atoms. The Kier molecular flexibility index (Phi) is 3.57. The zero-order valence-electron chi connectivity index (χ0n) is 10.4. The van der Waals surface area contributed by atoms with Gasteiger partial charge in [-0.1, -0.05) is 6.07 Å². The van der Waals surface area contributed by atoms with Crippen molar-refractivity contribution < 1.29 is 9.47 Å². The highest BCUT2D eigenvalue weighted by Gasteiger charge is 2.01. The smallest absolute Gasteiger partial charge is 0.122 e. The summed E-state index contributed by atoms with van der Waals surface area (Å²) >= 11 is 0. The zero-order chi connectivity index (χ0) is 13.0. The summed E-state index contributed by atoms with van der Waals surface area (Å²) < 4.78 is 10.3. The molecule has 0 radical (unpaired) electrons. The molecule has 3 N–H and O–H groups in total. The lowest BCUT2D eigenvalue weighted by molar-refractivity contribution is 0.415. The molecule has 0 aliphatic heterocycles. The average molecular weight is 244 g/mol. The van der Waals surface area contributed by atoms with Crippen molar-refractivity contribution in [2.24, 2.45) is 0 Å². The molecule has 0 aliphatic carbocycles. The summed E-state index contributed by atoms with van der Waals surface area (Å²) in [6.07, 6.45) is 0. The Balaban J connectivity index is 2.24. The van der Waals surface area contributed by atoms with Gasteiger partial charge in [-0.15, -0.1) is 0 Å². The SMILES string of the molecule is COc1cccc(Nc2cc(N)cc(OC)c2)c1. The molecule has 4 nitrogen and oxygen atoms in total. The van der Waals surface area contributed by atoms with E-state index in [0.29, 0.717) is 5.69 Å². The predicted octanol–water partition coefficient (Wildman–Crippen LogP) is 3.03. The number of hydrogen-bond acceptors (Lipinski definition) is 4. The van der Waals surface area contributed by atoms with Crippen molar-refractivity contribution >= 4 is 17.1 Å². The molecule has 0 aliphatic rings. The van der Waals surface area contributed by atoms with Crippen LogP contribution in [0.15, 0.2) is 42.5 Å². The Morgan fingerprint density at radius 1 is 0.889 bits per heavy atom. The van der Waals surface area contributed by atoms with E-state index in [0.717, 1.165) is 22.9 Å². The topological polar surface area (TPSA) is 56.5 Å². The minimum absolute atomic E-state index is 0.653. The van der Waals surface area contributed by atoms with Crippen molar-refractivity contribution in [3.05, 3.63) is 42.5 Å². The van der Waals surface area contributed by atoms with Gasteiger partial charge in [-0.2, -0.15) is 0 Å². The van der Waals surface area contributed by atoms with Crippen LogP contribution < -0.4 is 20.5 Å². The monoisotopic (exact) mass is 244 g/mol. The van der Waals surface area contributed by atoms with Crippen LogP contribution in [0.3, 0.4) is 0 Å². The van der Waals surface area contributed by atoms with E-state index in [2.05, 4.69) is 5.32 Å². The third kappa shape index (κ3) is 2.85. The summed E-state index contributed by atoms with van der Waals surface area (Å²) in [6, 6.07) is 13.2. The maximum Gasteiger partial charge on any atom is 0.122 e. The standard InChI is InChI=1S/C14H16N2O2/c1-17-13-5-3-4-11(8-13)16-12-6-10(15)7-14(9-12)18-2/h3-9,16H,15H2,1-2H3. The summed E-state index contributed by atoms with van der Waals surface area (Å²) in [7, 11) is 3.26. The van der Waals surface area contributed by atoms with Gasteiger partial charge in [-0.3, -0.25) is 0 Å². The van der Waals surface area contributed by atoms with Crippen molar-refractivity contribution in [1.29, 1.82) is 0 Å². The molecule has 0 heterocycles. The van der Waals surface area contributed by atoms with E-state index >= 15 is 0 Å². The lowest BCUT2D eigenvalue weighted by Gasteiger charge is -2.10. The van der Waals surface area contributed by atoms with Crippen molar-refractivity contribution in [3.63, 3.8) is 0 Å². The van der Waals surface area contributed by atoms with E-state index in [9.17, 15) is 0 Å². The van der Waals surface area contributed by atoms with Crippen molar-refractivity contribution in [2.75, 3.05) is 25.3 Å². The lowest BCUT2D eigenvalue weighted by Crippen LogP contribution is -1.95. The summed E-state index contributed by atoms with van der Waals surface area (Å²) in [6.45, 7) is 0. The molecule has 0 spiro atoms.